The molecule has 0 aromatic heterocycles. The number of allylic oxidation sites excluding steroid dienone is 4. The number of hydrogen-bond donors (Lipinski definition) is 3. The van der Waals surface area contributed by atoms with Crippen LogP contribution in [-0.4, -0.2) is 47.4 Å². The van der Waals surface area contributed by atoms with Gasteiger partial charge in [-0.2, -0.15) is 0 Å². The van der Waals surface area contributed by atoms with Crippen molar-refractivity contribution in [2.24, 2.45) is 0 Å². The molecular formula is C69H133NO5. The van der Waals surface area contributed by atoms with Crippen molar-refractivity contribution in [3.63, 3.8) is 0 Å². The van der Waals surface area contributed by atoms with Gasteiger partial charge in [-0.1, -0.05) is 334 Å². The van der Waals surface area contributed by atoms with E-state index in [1.807, 2.05) is 0 Å². The highest BCUT2D eigenvalue weighted by molar-refractivity contribution is 5.76. The molecule has 0 bridgehead atoms. The lowest BCUT2D eigenvalue weighted by atomic mass is 10.0. The highest BCUT2D eigenvalue weighted by atomic mass is 16.5. The van der Waals surface area contributed by atoms with Gasteiger partial charge in [-0.05, 0) is 57.8 Å². The molecule has 0 saturated carbocycles. The van der Waals surface area contributed by atoms with E-state index < -0.39 is 12.1 Å². The van der Waals surface area contributed by atoms with Crippen molar-refractivity contribution < 1.29 is 24.5 Å². The summed E-state index contributed by atoms with van der Waals surface area (Å²) in [5.74, 6) is -0.0267. The molecule has 0 aliphatic carbocycles. The molecule has 0 saturated heterocycles. The number of aliphatic hydroxyl groups is 2. The molecule has 75 heavy (non-hydrogen) atoms. The average molecular weight is 1060 g/mol. The maximum atomic E-state index is 12.5. The van der Waals surface area contributed by atoms with Crippen LogP contribution in [0.3, 0.4) is 0 Å². The molecule has 0 rings (SSSR count). The minimum Gasteiger partial charge on any atom is -0.466 e. The number of ether oxygens (including phenoxy) is 1. The molecule has 2 atom stereocenters. The number of carbonyl (C=O) groups is 2. The van der Waals surface area contributed by atoms with Crippen LogP contribution in [0.1, 0.15) is 380 Å². The number of nitrogens with one attached hydrogen (secondary N) is 1. The normalized spacial score (nSPS) is 12.6. The monoisotopic (exact) mass is 1060 g/mol. The van der Waals surface area contributed by atoms with Crippen LogP contribution < -0.4 is 5.32 Å². The van der Waals surface area contributed by atoms with E-state index in [1.54, 1.807) is 0 Å². The lowest BCUT2D eigenvalue weighted by Crippen LogP contribution is -2.45. The van der Waals surface area contributed by atoms with Crippen molar-refractivity contribution in [2.45, 2.75) is 392 Å². The van der Waals surface area contributed by atoms with Gasteiger partial charge in [0.1, 0.15) is 0 Å². The number of aliphatic hydroxyl groups excluding tert-OH is 2. The zero-order valence-corrected chi connectivity index (χ0v) is 50.8. The van der Waals surface area contributed by atoms with Gasteiger partial charge in [-0.3, -0.25) is 9.59 Å². The first-order chi connectivity index (χ1) is 37.0. The summed E-state index contributed by atoms with van der Waals surface area (Å²) in [6, 6.07) is -0.543. The predicted molar refractivity (Wildman–Crippen MR) is 329 cm³/mol. The van der Waals surface area contributed by atoms with Gasteiger partial charge in [-0.25, -0.2) is 0 Å². The van der Waals surface area contributed by atoms with E-state index in [1.165, 1.54) is 295 Å². The van der Waals surface area contributed by atoms with Crippen molar-refractivity contribution >= 4 is 11.9 Å². The van der Waals surface area contributed by atoms with Crippen molar-refractivity contribution in [1.29, 1.82) is 0 Å². The molecule has 1 amide bonds. The summed E-state index contributed by atoms with van der Waals surface area (Å²) in [4.78, 5) is 24.6. The number of rotatable bonds is 64. The standard InChI is InChI=1S/C69H133NO5/c1-3-5-7-9-11-13-15-17-19-21-26-29-33-37-41-45-49-53-57-61-67(72)66(65-71)70-68(73)62-58-54-50-46-42-38-34-30-27-24-23-25-28-32-36-40-44-48-52-56-60-64-75-69(74)63-59-55-51-47-43-39-35-31-22-20-18-16-14-12-10-8-6-4-2/h14,16,20,22,66-67,71-72H,3-13,15,17-19,21,23-65H2,1-2H3,(H,70,73)/b16-14-,22-20-. The number of carbonyl (C=O) groups excluding carboxylic acids is 2. The fourth-order valence-corrected chi connectivity index (χ4v) is 10.8. The van der Waals surface area contributed by atoms with Crippen LogP contribution in [0.15, 0.2) is 24.3 Å². The third-order valence-electron chi connectivity index (χ3n) is 16.0. The third-order valence-corrected chi connectivity index (χ3v) is 16.0. The van der Waals surface area contributed by atoms with Crippen LogP contribution in [0, 0.1) is 0 Å². The first-order valence-electron chi connectivity index (χ1n) is 34.1. The van der Waals surface area contributed by atoms with E-state index >= 15 is 0 Å². The lowest BCUT2D eigenvalue weighted by Gasteiger charge is -2.22. The van der Waals surface area contributed by atoms with Crippen LogP contribution in [-0.2, 0) is 14.3 Å². The molecule has 0 aromatic carbocycles. The lowest BCUT2D eigenvalue weighted by molar-refractivity contribution is -0.143. The summed E-state index contributed by atoms with van der Waals surface area (Å²) in [5, 5.41) is 23.4. The van der Waals surface area contributed by atoms with Crippen molar-refractivity contribution in [3.8, 4) is 0 Å². The van der Waals surface area contributed by atoms with E-state index in [-0.39, 0.29) is 18.5 Å². The second-order valence-electron chi connectivity index (χ2n) is 23.5. The molecule has 0 heterocycles. The molecule has 3 N–H and O–H groups in total. The molecule has 0 aliphatic rings. The minimum atomic E-state index is -0.666. The minimum absolute atomic E-state index is 0.00559. The van der Waals surface area contributed by atoms with Crippen molar-refractivity contribution in [2.75, 3.05) is 13.2 Å². The van der Waals surface area contributed by atoms with Gasteiger partial charge >= 0.3 is 5.97 Å². The number of hydrogen-bond acceptors (Lipinski definition) is 5. The summed E-state index contributed by atoms with van der Waals surface area (Å²) in [7, 11) is 0. The van der Waals surface area contributed by atoms with Crippen LogP contribution in [0.2, 0.25) is 0 Å². The fraction of sp³-hybridized carbons (Fsp3) is 0.913. The first-order valence-corrected chi connectivity index (χ1v) is 34.1. The van der Waals surface area contributed by atoms with Gasteiger partial charge in [0.2, 0.25) is 5.91 Å². The maximum Gasteiger partial charge on any atom is 0.305 e. The molecule has 0 aromatic rings. The Hall–Kier alpha value is -1.66. The summed E-state index contributed by atoms with van der Waals surface area (Å²) in [6.45, 7) is 4.96. The number of esters is 1. The SMILES string of the molecule is CCCCCC/C=C\C/C=C\CCCCCCCCCC(=O)OCCCCCCCCCCCCCCCCCCCCCCCC(=O)NC(CO)C(O)CCCCCCCCCCCCCCCCCCCCC. The fourth-order valence-electron chi connectivity index (χ4n) is 10.8. The molecule has 0 fully saturated rings. The molecule has 0 aliphatic heterocycles. The highest BCUT2D eigenvalue weighted by Gasteiger charge is 2.20. The van der Waals surface area contributed by atoms with Crippen molar-refractivity contribution in [1.82, 2.24) is 5.32 Å². The first kappa shape index (κ1) is 73.3. The molecule has 444 valence electrons. The topological polar surface area (TPSA) is 95.9 Å². The zero-order valence-electron chi connectivity index (χ0n) is 50.8. The van der Waals surface area contributed by atoms with Crippen LogP contribution in [0.25, 0.3) is 0 Å². The number of amides is 1. The molecule has 0 radical (unpaired) electrons. The summed E-state index contributed by atoms with van der Waals surface area (Å²) < 4.78 is 5.50. The maximum absolute atomic E-state index is 12.5. The highest BCUT2D eigenvalue weighted by Crippen LogP contribution is 2.19. The summed E-state index contributed by atoms with van der Waals surface area (Å²) in [6.07, 6.45) is 80.6. The Bertz CT molecular complexity index is 1170. The van der Waals surface area contributed by atoms with Crippen LogP contribution in [0.5, 0.6) is 0 Å². The number of unbranched alkanes of at least 4 members (excludes halogenated alkanes) is 49. The van der Waals surface area contributed by atoms with E-state index in [9.17, 15) is 19.8 Å². The van der Waals surface area contributed by atoms with Gasteiger partial charge in [0.25, 0.3) is 0 Å². The second-order valence-corrected chi connectivity index (χ2v) is 23.5. The van der Waals surface area contributed by atoms with Gasteiger partial charge < -0.3 is 20.3 Å². The Morgan fingerprint density at radius 1 is 0.373 bits per heavy atom. The molecule has 0 spiro atoms. The summed E-state index contributed by atoms with van der Waals surface area (Å²) in [5.41, 5.74) is 0. The van der Waals surface area contributed by atoms with Crippen LogP contribution >= 0.6 is 0 Å². The van der Waals surface area contributed by atoms with Crippen molar-refractivity contribution in [3.05, 3.63) is 24.3 Å². The van der Waals surface area contributed by atoms with E-state index in [2.05, 4.69) is 43.5 Å². The Morgan fingerprint density at radius 2 is 0.667 bits per heavy atom. The van der Waals surface area contributed by atoms with Gasteiger partial charge in [-0.15, -0.1) is 0 Å². The van der Waals surface area contributed by atoms with E-state index in [0.717, 1.165) is 51.4 Å². The van der Waals surface area contributed by atoms with E-state index in [4.69, 9.17) is 4.74 Å². The molecular weight excluding hydrogens is 923 g/mol. The van der Waals surface area contributed by atoms with Gasteiger partial charge in [0.05, 0.1) is 25.4 Å². The molecule has 2 unspecified atom stereocenters. The largest absolute Gasteiger partial charge is 0.466 e. The Morgan fingerprint density at radius 3 is 1.03 bits per heavy atom. The molecule has 6 nitrogen and oxygen atoms in total. The third kappa shape index (κ3) is 61.4. The summed E-state index contributed by atoms with van der Waals surface area (Å²) >= 11 is 0. The Kier molecular flexibility index (Phi) is 63.4. The van der Waals surface area contributed by atoms with Gasteiger partial charge in [0.15, 0.2) is 0 Å². The smallest absolute Gasteiger partial charge is 0.305 e. The van der Waals surface area contributed by atoms with Gasteiger partial charge in [0, 0.05) is 12.8 Å². The van der Waals surface area contributed by atoms with E-state index in [0.29, 0.717) is 25.9 Å². The molecule has 6 heteroatoms. The van der Waals surface area contributed by atoms with Crippen LogP contribution in [0.4, 0.5) is 0 Å². The quantitative estimate of drug-likeness (QED) is 0.0320. The average Bonchev–Trinajstić information content (AvgIpc) is 3.41. The Labute approximate surface area is 469 Å². The Balaban J connectivity index is 3.38. The predicted octanol–water partition coefficient (Wildman–Crippen LogP) is 21.8. The second kappa shape index (κ2) is 64.9. The zero-order chi connectivity index (χ0) is 54.3.